The van der Waals surface area contributed by atoms with E-state index in [1.165, 1.54) is 25.0 Å². The van der Waals surface area contributed by atoms with Crippen molar-refractivity contribution in [1.29, 1.82) is 0 Å². The highest BCUT2D eigenvalue weighted by molar-refractivity contribution is 9.10. The Morgan fingerprint density at radius 3 is 2.69 bits per heavy atom. The third-order valence-electron chi connectivity index (χ3n) is 2.73. The molecule has 3 heteroatoms. The molecule has 0 amide bonds. The van der Waals surface area contributed by atoms with E-state index in [2.05, 4.69) is 35.1 Å². The molecule has 0 aliphatic carbocycles. The molecule has 1 aromatic rings. The summed E-state index contributed by atoms with van der Waals surface area (Å²) in [6.07, 6.45) is 3.51. The summed E-state index contributed by atoms with van der Waals surface area (Å²) >= 11 is 3.38. The third-order valence-corrected chi connectivity index (χ3v) is 3.46. The normalized spacial score (nSPS) is 12.8. The van der Waals surface area contributed by atoms with Crippen molar-refractivity contribution in [3.05, 3.63) is 34.1 Å². The molecule has 0 spiro atoms. The molecular formula is C13H19BrFN. The van der Waals surface area contributed by atoms with Gasteiger partial charge in [-0.1, -0.05) is 42.3 Å². The van der Waals surface area contributed by atoms with Gasteiger partial charge in [0.15, 0.2) is 0 Å². The zero-order chi connectivity index (χ0) is 12.0. The second-order valence-electron chi connectivity index (χ2n) is 4.01. The van der Waals surface area contributed by atoms with Gasteiger partial charge in [-0.2, -0.15) is 0 Å². The molecule has 1 atom stereocenters. The molecule has 1 rings (SSSR count). The Hall–Kier alpha value is -0.410. The summed E-state index contributed by atoms with van der Waals surface area (Å²) in [6.45, 7) is 5.17. The highest BCUT2D eigenvalue weighted by Gasteiger charge is 2.06. The highest BCUT2D eigenvalue weighted by atomic mass is 79.9. The van der Waals surface area contributed by atoms with Crippen LogP contribution in [0.3, 0.4) is 0 Å². The summed E-state index contributed by atoms with van der Waals surface area (Å²) in [4.78, 5) is 0. The predicted octanol–water partition coefficient (Wildman–Crippen LogP) is 4.26. The molecule has 0 bridgehead atoms. The van der Waals surface area contributed by atoms with Crippen molar-refractivity contribution < 1.29 is 4.39 Å². The number of nitrogens with one attached hydrogen (secondary N) is 1. The average Bonchev–Trinajstić information content (AvgIpc) is 2.26. The Kier molecular flexibility index (Phi) is 5.99. The van der Waals surface area contributed by atoms with E-state index in [0.29, 0.717) is 6.04 Å². The topological polar surface area (TPSA) is 12.0 Å². The average molecular weight is 288 g/mol. The lowest BCUT2D eigenvalue weighted by atomic mass is 10.1. The molecule has 0 aliphatic heterocycles. The lowest BCUT2D eigenvalue weighted by Crippen LogP contribution is -2.27. The highest BCUT2D eigenvalue weighted by Crippen LogP contribution is 2.18. The van der Waals surface area contributed by atoms with Crippen LogP contribution in [0.2, 0.25) is 0 Å². The standard InChI is InChI=1S/C13H19BrFN/c1-3-5-12(4-2)16-9-10-6-7-11(15)8-13(10)14/h6-8,12,16H,3-5,9H2,1-2H3. The van der Waals surface area contributed by atoms with Gasteiger partial charge in [0.25, 0.3) is 0 Å². The number of hydrogen-bond donors (Lipinski definition) is 1. The molecule has 0 radical (unpaired) electrons. The van der Waals surface area contributed by atoms with Crippen molar-refractivity contribution in [2.75, 3.05) is 0 Å². The van der Waals surface area contributed by atoms with Crippen molar-refractivity contribution in [2.24, 2.45) is 0 Å². The van der Waals surface area contributed by atoms with Crippen LogP contribution in [0.5, 0.6) is 0 Å². The summed E-state index contributed by atoms with van der Waals surface area (Å²) < 4.78 is 13.7. The predicted molar refractivity (Wildman–Crippen MR) is 69.9 cm³/mol. The Labute approximate surface area is 106 Å². The first-order chi connectivity index (χ1) is 7.67. The van der Waals surface area contributed by atoms with E-state index in [9.17, 15) is 4.39 Å². The molecule has 90 valence electrons. The van der Waals surface area contributed by atoms with Gasteiger partial charge in [-0.3, -0.25) is 0 Å². The molecule has 0 aromatic heterocycles. The van der Waals surface area contributed by atoms with Crippen molar-refractivity contribution in [3.8, 4) is 0 Å². The summed E-state index contributed by atoms with van der Waals surface area (Å²) in [6, 6.07) is 5.40. The molecule has 1 unspecified atom stereocenters. The van der Waals surface area contributed by atoms with Crippen LogP contribution in [-0.4, -0.2) is 6.04 Å². The first-order valence-corrected chi connectivity index (χ1v) is 6.64. The Morgan fingerprint density at radius 2 is 2.12 bits per heavy atom. The quantitative estimate of drug-likeness (QED) is 0.825. The largest absolute Gasteiger partial charge is 0.310 e. The van der Waals surface area contributed by atoms with Crippen molar-refractivity contribution in [3.63, 3.8) is 0 Å². The SMILES string of the molecule is CCCC(CC)NCc1ccc(F)cc1Br. The van der Waals surface area contributed by atoms with Gasteiger partial charge in [-0.05, 0) is 30.5 Å². The fourth-order valence-corrected chi connectivity index (χ4v) is 2.21. The maximum Gasteiger partial charge on any atom is 0.124 e. The van der Waals surface area contributed by atoms with Gasteiger partial charge < -0.3 is 5.32 Å². The first-order valence-electron chi connectivity index (χ1n) is 5.84. The molecule has 16 heavy (non-hydrogen) atoms. The first kappa shape index (κ1) is 13.7. The van der Waals surface area contributed by atoms with Crippen molar-refractivity contribution in [2.45, 2.75) is 45.7 Å². The molecule has 1 aromatic carbocycles. The van der Waals surface area contributed by atoms with Gasteiger partial charge in [0.1, 0.15) is 5.82 Å². The lowest BCUT2D eigenvalue weighted by Gasteiger charge is -2.16. The summed E-state index contributed by atoms with van der Waals surface area (Å²) in [5.41, 5.74) is 1.11. The van der Waals surface area contributed by atoms with Crippen LogP contribution in [-0.2, 0) is 6.54 Å². The zero-order valence-electron chi connectivity index (χ0n) is 9.89. The smallest absolute Gasteiger partial charge is 0.124 e. The van der Waals surface area contributed by atoms with Crippen LogP contribution in [0.1, 0.15) is 38.7 Å². The maximum atomic E-state index is 12.9. The summed E-state index contributed by atoms with van der Waals surface area (Å²) in [5, 5.41) is 3.49. The number of halogens is 2. The van der Waals surface area contributed by atoms with Crippen LogP contribution in [0, 0.1) is 5.82 Å². The minimum absolute atomic E-state index is 0.198. The van der Waals surface area contributed by atoms with Crippen molar-refractivity contribution in [1.82, 2.24) is 5.32 Å². The van der Waals surface area contributed by atoms with E-state index in [-0.39, 0.29) is 5.82 Å². The van der Waals surface area contributed by atoms with Crippen LogP contribution < -0.4 is 5.32 Å². The molecular weight excluding hydrogens is 269 g/mol. The third kappa shape index (κ3) is 4.22. The monoisotopic (exact) mass is 287 g/mol. The minimum Gasteiger partial charge on any atom is -0.310 e. The molecule has 0 saturated heterocycles. The number of rotatable bonds is 6. The molecule has 0 aliphatic rings. The van der Waals surface area contributed by atoms with Crippen LogP contribution in [0.4, 0.5) is 4.39 Å². The minimum atomic E-state index is -0.198. The van der Waals surface area contributed by atoms with E-state index >= 15 is 0 Å². The summed E-state index contributed by atoms with van der Waals surface area (Å²) in [5.74, 6) is -0.198. The maximum absolute atomic E-state index is 12.9. The second-order valence-corrected chi connectivity index (χ2v) is 4.86. The fourth-order valence-electron chi connectivity index (χ4n) is 1.72. The number of benzene rings is 1. The fraction of sp³-hybridized carbons (Fsp3) is 0.538. The van der Waals surface area contributed by atoms with Crippen LogP contribution in [0.25, 0.3) is 0 Å². The molecule has 1 nitrogen and oxygen atoms in total. The Morgan fingerprint density at radius 1 is 1.38 bits per heavy atom. The van der Waals surface area contributed by atoms with E-state index < -0.39 is 0 Å². The van der Waals surface area contributed by atoms with Gasteiger partial charge >= 0.3 is 0 Å². The molecule has 0 fully saturated rings. The van der Waals surface area contributed by atoms with E-state index in [1.807, 2.05) is 6.07 Å². The van der Waals surface area contributed by atoms with Gasteiger partial charge in [-0.15, -0.1) is 0 Å². The second kappa shape index (κ2) is 7.02. The van der Waals surface area contributed by atoms with Crippen LogP contribution >= 0.6 is 15.9 Å². The molecule has 0 saturated carbocycles. The van der Waals surface area contributed by atoms with Crippen LogP contribution in [0.15, 0.2) is 22.7 Å². The van der Waals surface area contributed by atoms with Crippen molar-refractivity contribution >= 4 is 15.9 Å². The zero-order valence-corrected chi connectivity index (χ0v) is 11.5. The van der Waals surface area contributed by atoms with E-state index in [0.717, 1.165) is 23.0 Å². The summed E-state index contributed by atoms with van der Waals surface area (Å²) in [7, 11) is 0. The molecule has 1 N–H and O–H groups in total. The lowest BCUT2D eigenvalue weighted by molar-refractivity contribution is 0.462. The van der Waals surface area contributed by atoms with Gasteiger partial charge in [0.2, 0.25) is 0 Å². The number of hydrogen-bond acceptors (Lipinski definition) is 1. The van der Waals surface area contributed by atoms with Gasteiger partial charge in [0.05, 0.1) is 0 Å². The van der Waals surface area contributed by atoms with Gasteiger partial charge in [-0.25, -0.2) is 4.39 Å². The Bertz CT molecular complexity index is 328. The van der Waals surface area contributed by atoms with E-state index in [4.69, 9.17) is 0 Å². The van der Waals surface area contributed by atoms with E-state index in [1.54, 1.807) is 0 Å². The van der Waals surface area contributed by atoms with Gasteiger partial charge in [0, 0.05) is 17.1 Å². The molecule has 0 heterocycles. The Balaban J connectivity index is 2.53.